The second-order valence-electron chi connectivity index (χ2n) is 6.07. The molecule has 1 saturated carbocycles. The average molecular weight is 276 g/mol. The van der Waals surface area contributed by atoms with E-state index in [0.717, 1.165) is 36.1 Å². The Bertz CT molecular complexity index is 491. The van der Waals surface area contributed by atoms with Crippen LogP contribution in [0.25, 0.3) is 0 Å². The molecule has 5 heteroatoms. The summed E-state index contributed by atoms with van der Waals surface area (Å²) in [5.74, 6) is 3.61. The third kappa shape index (κ3) is 2.59. The van der Waals surface area contributed by atoms with Gasteiger partial charge in [-0.25, -0.2) is 9.97 Å². The maximum atomic E-state index is 5.82. The van der Waals surface area contributed by atoms with Crippen molar-refractivity contribution in [2.45, 2.75) is 51.7 Å². The van der Waals surface area contributed by atoms with Crippen LogP contribution in [-0.4, -0.2) is 42.3 Å². The van der Waals surface area contributed by atoms with E-state index in [1.165, 1.54) is 12.8 Å². The number of morpholine rings is 1. The molecule has 0 aromatic carbocycles. The van der Waals surface area contributed by atoms with Gasteiger partial charge in [0.25, 0.3) is 0 Å². The molecule has 0 amide bonds. The van der Waals surface area contributed by atoms with Crippen molar-refractivity contribution < 1.29 is 4.74 Å². The van der Waals surface area contributed by atoms with Crippen LogP contribution < -0.4 is 10.2 Å². The molecule has 1 N–H and O–H groups in total. The Morgan fingerprint density at radius 3 is 2.35 bits per heavy atom. The van der Waals surface area contributed by atoms with Gasteiger partial charge in [-0.15, -0.1) is 0 Å². The molecule has 1 aromatic rings. The van der Waals surface area contributed by atoms with Gasteiger partial charge >= 0.3 is 0 Å². The molecule has 5 nitrogen and oxygen atoms in total. The standard InChI is InChI=1S/C15H24N4O/c1-9-7-19(8-10(2)20-9)15-11(3)13(16-4)17-14(18-15)12-5-6-12/h9-10,12H,5-8H2,1-4H3,(H,16,17,18)/t9-,10+. The van der Waals surface area contributed by atoms with Crippen molar-refractivity contribution in [2.75, 3.05) is 30.4 Å². The van der Waals surface area contributed by atoms with Gasteiger partial charge in [0.1, 0.15) is 17.5 Å². The van der Waals surface area contributed by atoms with Gasteiger partial charge in [-0.05, 0) is 33.6 Å². The van der Waals surface area contributed by atoms with Crippen molar-refractivity contribution in [3.63, 3.8) is 0 Å². The van der Waals surface area contributed by atoms with Crippen molar-refractivity contribution in [3.05, 3.63) is 11.4 Å². The molecule has 2 atom stereocenters. The molecule has 2 fully saturated rings. The largest absolute Gasteiger partial charge is 0.373 e. The Balaban J connectivity index is 1.96. The molecule has 3 rings (SSSR count). The van der Waals surface area contributed by atoms with Gasteiger partial charge in [-0.2, -0.15) is 0 Å². The summed E-state index contributed by atoms with van der Waals surface area (Å²) in [6.45, 7) is 8.15. The minimum Gasteiger partial charge on any atom is -0.373 e. The van der Waals surface area contributed by atoms with Crippen molar-refractivity contribution in [2.24, 2.45) is 0 Å². The number of nitrogens with one attached hydrogen (secondary N) is 1. The molecule has 0 unspecified atom stereocenters. The fourth-order valence-corrected chi connectivity index (χ4v) is 2.95. The molecular weight excluding hydrogens is 252 g/mol. The van der Waals surface area contributed by atoms with Crippen LogP contribution in [0.2, 0.25) is 0 Å². The normalized spacial score (nSPS) is 26.7. The fraction of sp³-hybridized carbons (Fsp3) is 0.733. The Kier molecular flexibility index (Phi) is 3.54. The lowest BCUT2D eigenvalue weighted by Gasteiger charge is -2.37. The summed E-state index contributed by atoms with van der Waals surface area (Å²) >= 11 is 0. The zero-order chi connectivity index (χ0) is 14.3. The first-order valence-corrected chi connectivity index (χ1v) is 7.55. The number of nitrogens with zero attached hydrogens (tertiary/aromatic N) is 3. The van der Waals surface area contributed by atoms with Gasteiger partial charge in [0, 0.05) is 31.6 Å². The molecule has 20 heavy (non-hydrogen) atoms. The zero-order valence-electron chi connectivity index (χ0n) is 12.8. The predicted octanol–water partition coefficient (Wildman–Crippen LogP) is 2.32. The van der Waals surface area contributed by atoms with Crippen molar-refractivity contribution in [1.82, 2.24) is 9.97 Å². The van der Waals surface area contributed by atoms with E-state index in [1.54, 1.807) is 0 Å². The van der Waals surface area contributed by atoms with Gasteiger partial charge in [0.05, 0.1) is 12.2 Å². The van der Waals surface area contributed by atoms with E-state index in [1.807, 2.05) is 7.05 Å². The van der Waals surface area contributed by atoms with E-state index >= 15 is 0 Å². The zero-order valence-corrected chi connectivity index (χ0v) is 12.8. The Labute approximate surface area is 120 Å². The first-order chi connectivity index (χ1) is 9.58. The lowest BCUT2D eigenvalue weighted by Crippen LogP contribution is -2.46. The monoisotopic (exact) mass is 276 g/mol. The van der Waals surface area contributed by atoms with Gasteiger partial charge in [-0.1, -0.05) is 0 Å². The van der Waals surface area contributed by atoms with Gasteiger partial charge in [-0.3, -0.25) is 0 Å². The predicted molar refractivity (Wildman–Crippen MR) is 80.5 cm³/mol. The van der Waals surface area contributed by atoms with E-state index in [0.29, 0.717) is 5.92 Å². The van der Waals surface area contributed by atoms with Gasteiger partial charge < -0.3 is 15.0 Å². The van der Waals surface area contributed by atoms with Crippen LogP contribution in [0.1, 0.15) is 44.0 Å². The topological polar surface area (TPSA) is 50.3 Å². The van der Waals surface area contributed by atoms with Crippen LogP contribution >= 0.6 is 0 Å². The SMILES string of the molecule is CNc1nc(C2CC2)nc(N2C[C@@H](C)O[C@@H](C)C2)c1C. The molecule has 2 heterocycles. The van der Waals surface area contributed by atoms with E-state index in [-0.39, 0.29) is 12.2 Å². The second-order valence-corrected chi connectivity index (χ2v) is 6.07. The summed E-state index contributed by atoms with van der Waals surface area (Å²) in [6.07, 6.45) is 2.94. The second kappa shape index (κ2) is 5.20. The smallest absolute Gasteiger partial charge is 0.137 e. The van der Waals surface area contributed by atoms with Crippen LogP contribution in [0.5, 0.6) is 0 Å². The van der Waals surface area contributed by atoms with Crippen LogP contribution in [0.4, 0.5) is 11.6 Å². The fourth-order valence-electron chi connectivity index (χ4n) is 2.95. The third-order valence-corrected chi connectivity index (χ3v) is 4.04. The van der Waals surface area contributed by atoms with Gasteiger partial charge in [0.15, 0.2) is 0 Å². The Hall–Kier alpha value is -1.36. The van der Waals surface area contributed by atoms with E-state index in [9.17, 15) is 0 Å². The summed E-state index contributed by atoms with van der Waals surface area (Å²) < 4.78 is 5.82. The highest BCUT2D eigenvalue weighted by Crippen LogP contribution is 2.40. The molecule has 0 bridgehead atoms. The molecule has 1 aromatic heterocycles. The highest BCUT2D eigenvalue weighted by atomic mass is 16.5. The minimum absolute atomic E-state index is 0.246. The number of rotatable bonds is 3. The maximum Gasteiger partial charge on any atom is 0.137 e. The summed E-state index contributed by atoms with van der Waals surface area (Å²) in [4.78, 5) is 11.9. The van der Waals surface area contributed by atoms with Crippen LogP contribution in [0, 0.1) is 6.92 Å². The van der Waals surface area contributed by atoms with E-state index < -0.39 is 0 Å². The Morgan fingerprint density at radius 2 is 1.80 bits per heavy atom. The molecule has 1 aliphatic carbocycles. The van der Waals surface area contributed by atoms with E-state index in [4.69, 9.17) is 9.72 Å². The van der Waals surface area contributed by atoms with E-state index in [2.05, 4.69) is 36.0 Å². The molecule has 0 radical (unpaired) electrons. The van der Waals surface area contributed by atoms with Crippen molar-refractivity contribution in [3.8, 4) is 0 Å². The lowest BCUT2D eigenvalue weighted by atomic mass is 10.2. The lowest BCUT2D eigenvalue weighted by molar-refractivity contribution is -0.00550. The quantitative estimate of drug-likeness (QED) is 0.918. The number of aromatic nitrogens is 2. The summed E-state index contributed by atoms with van der Waals surface area (Å²) in [5.41, 5.74) is 1.14. The summed E-state index contributed by atoms with van der Waals surface area (Å²) in [7, 11) is 1.93. The molecule has 2 aliphatic rings. The number of ether oxygens (including phenoxy) is 1. The first kappa shape index (κ1) is 13.6. The molecule has 1 aliphatic heterocycles. The minimum atomic E-state index is 0.246. The maximum absolute atomic E-state index is 5.82. The molecule has 0 spiro atoms. The number of anilines is 2. The number of hydrogen-bond donors (Lipinski definition) is 1. The summed E-state index contributed by atoms with van der Waals surface area (Å²) in [5, 5.41) is 3.21. The first-order valence-electron chi connectivity index (χ1n) is 7.55. The van der Waals surface area contributed by atoms with Gasteiger partial charge in [0.2, 0.25) is 0 Å². The van der Waals surface area contributed by atoms with Crippen molar-refractivity contribution in [1.29, 1.82) is 0 Å². The van der Waals surface area contributed by atoms with Crippen LogP contribution in [0.15, 0.2) is 0 Å². The molecule has 110 valence electrons. The highest BCUT2D eigenvalue weighted by Gasteiger charge is 2.30. The van der Waals surface area contributed by atoms with Crippen molar-refractivity contribution >= 4 is 11.6 Å². The van der Waals surface area contributed by atoms with Crippen LogP contribution in [0.3, 0.4) is 0 Å². The average Bonchev–Trinajstić information content (AvgIpc) is 3.22. The Morgan fingerprint density at radius 1 is 1.15 bits per heavy atom. The molecule has 1 saturated heterocycles. The molecular formula is C15H24N4O. The van der Waals surface area contributed by atoms with Crippen LogP contribution in [-0.2, 0) is 4.74 Å². The summed E-state index contributed by atoms with van der Waals surface area (Å²) in [6, 6.07) is 0. The third-order valence-electron chi connectivity index (χ3n) is 4.04. The number of hydrogen-bond acceptors (Lipinski definition) is 5. The highest BCUT2D eigenvalue weighted by molar-refractivity contribution is 5.59.